The van der Waals surface area contributed by atoms with Crippen molar-refractivity contribution < 1.29 is 13.2 Å². The van der Waals surface area contributed by atoms with Crippen LogP contribution in [0.4, 0.5) is 0 Å². The highest BCUT2D eigenvalue weighted by atomic mass is 32.2. The largest absolute Gasteiger partial charge is 0.338 e. The SMILES string of the molecule is CC[C@@H]1CCc2sc(C(=O)N3CCC(NS(=O)(=O)c4cccs4)CC3)cc2C1. The molecule has 0 aromatic carbocycles. The van der Waals surface area contributed by atoms with Gasteiger partial charge in [0.25, 0.3) is 5.91 Å². The third kappa shape index (κ3) is 4.20. The number of nitrogens with zero attached hydrogens (tertiary/aromatic N) is 1. The van der Waals surface area contributed by atoms with Gasteiger partial charge >= 0.3 is 0 Å². The molecule has 1 aliphatic heterocycles. The van der Waals surface area contributed by atoms with Crippen LogP contribution in [0, 0.1) is 5.92 Å². The van der Waals surface area contributed by atoms with Gasteiger partial charge in [-0.1, -0.05) is 19.4 Å². The summed E-state index contributed by atoms with van der Waals surface area (Å²) in [7, 11) is -3.45. The molecule has 3 heterocycles. The first-order valence-electron chi connectivity index (χ1n) is 9.93. The van der Waals surface area contributed by atoms with Gasteiger partial charge in [0, 0.05) is 24.0 Å². The van der Waals surface area contributed by atoms with E-state index in [4.69, 9.17) is 0 Å². The highest BCUT2D eigenvalue weighted by Crippen LogP contribution is 2.34. The zero-order chi connectivity index (χ0) is 19.7. The average Bonchev–Trinajstić information content (AvgIpc) is 3.37. The molecule has 0 bridgehead atoms. The van der Waals surface area contributed by atoms with E-state index in [1.54, 1.807) is 28.8 Å². The van der Waals surface area contributed by atoms with E-state index in [1.165, 1.54) is 34.6 Å². The maximum absolute atomic E-state index is 12.9. The summed E-state index contributed by atoms with van der Waals surface area (Å²) in [6, 6.07) is 5.35. The van der Waals surface area contributed by atoms with Crippen molar-refractivity contribution in [2.75, 3.05) is 13.1 Å². The second kappa shape index (κ2) is 8.26. The second-order valence-corrected chi connectivity index (χ2v) is 11.7. The molecule has 152 valence electrons. The van der Waals surface area contributed by atoms with E-state index in [-0.39, 0.29) is 11.9 Å². The number of amides is 1. The van der Waals surface area contributed by atoms with Gasteiger partial charge in [-0.3, -0.25) is 4.79 Å². The van der Waals surface area contributed by atoms with E-state index in [0.717, 1.165) is 23.6 Å². The van der Waals surface area contributed by atoms with Crippen LogP contribution in [0.25, 0.3) is 0 Å². The Labute approximate surface area is 174 Å². The zero-order valence-electron chi connectivity index (χ0n) is 16.0. The van der Waals surface area contributed by atoms with Crippen LogP contribution in [-0.4, -0.2) is 38.4 Å². The van der Waals surface area contributed by atoms with E-state index in [1.807, 2.05) is 4.90 Å². The lowest BCUT2D eigenvalue weighted by Gasteiger charge is -2.31. The molecule has 1 N–H and O–H groups in total. The summed E-state index contributed by atoms with van der Waals surface area (Å²) < 4.78 is 27.9. The molecule has 1 atom stereocenters. The highest BCUT2D eigenvalue weighted by molar-refractivity contribution is 7.91. The summed E-state index contributed by atoms with van der Waals surface area (Å²) in [6.45, 7) is 3.43. The molecule has 5 nitrogen and oxygen atoms in total. The molecule has 28 heavy (non-hydrogen) atoms. The van der Waals surface area contributed by atoms with Crippen LogP contribution >= 0.6 is 22.7 Å². The third-order valence-corrected chi connectivity index (χ3v) is 9.98. The number of likely N-dealkylation sites (tertiary alicyclic amines) is 1. The maximum Gasteiger partial charge on any atom is 0.263 e. The van der Waals surface area contributed by atoms with Gasteiger partial charge in [0.2, 0.25) is 10.0 Å². The van der Waals surface area contributed by atoms with E-state index in [9.17, 15) is 13.2 Å². The molecule has 0 unspecified atom stereocenters. The molecule has 0 saturated carbocycles. The Kier molecular flexibility index (Phi) is 5.92. The minimum Gasteiger partial charge on any atom is -0.338 e. The normalized spacial score (nSPS) is 20.9. The topological polar surface area (TPSA) is 66.5 Å². The number of aryl methyl sites for hydroxylation is 1. The van der Waals surface area contributed by atoms with Crippen molar-refractivity contribution in [3.63, 3.8) is 0 Å². The van der Waals surface area contributed by atoms with Gasteiger partial charge in [-0.2, -0.15) is 0 Å². The first-order valence-corrected chi connectivity index (χ1v) is 13.1. The molecule has 1 aliphatic carbocycles. The molecule has 1 amide bonds. The summed E-state index contributed by atoms with van der Waals surface area (Å²) >= 11 is 2.88. The number of nitrogens with one attached hydrogen (secondary N) is 1. The first-order chi connectivity index (χ1) is 13.5. The van der Waals surface area contributed by atoms with Crippen molar-refractivity contribution in [1.29, 1.82) is 0 Å². The van der Waals surface area contributed by atoms with Crippen LogP contribution in [0.1, 0.15) is 52.7 Å². The number of rotatable bonds is 5. The minimum absolute atomic E-state index is 0.104. The van der Waals surface area contributed by atoms with Gasteiger partial charge in [0.15, 0.2) is 0 Å². The Balaban J connectivity index is 1.35. The lowest BCUT2D eigenvalue weighted by Crippen LogP contribution is -2.46. The van der Waals surface area contributed by atoms with Crippen molar-refractivity contribution in [3.05, 3.63) is 38.9 Å². The molecule has 2 aromatic rings. The predicted octanol–water partition coefficient (Wildman–Crippen LogP) is 3.91. The lowest BCUT2D eigenvalue weighted by atomic mass is 9.87. The van der Waals surface area contributed by atoms with Crippen molar-refractivity contribution in [3.8, 4) is 0 Å². The Morgan fingerprint density at radius 1 is 1.29 bits per heavy atom. The quantitative estimate of drug-likeness (QED) is 0.770. The van der Waals surface area contributed by atoms with Crippen LogP contribution in [0.2, 0.25) is 0 Å². The van der Waals surface area contributed by atoms with Gasteiger partial charge < -0.3 is 4.90 Å². The van der Waals surface area contributed by atoms with E-state index in [2.05, 4.69) is 17.7 Å². The number of sulfonamides is 1. The molecule has 4 rings (SSSR count). The van der Waals surface area contributed by atoms with Crippen molar-refractivity contribution in [2.24, 2.45) is 5.92 Å². The molecule has 8 heteroatoms. The van der Waals surface area contributed by atoms with Crippen LogP contribution in [-0.2, 0) is 22.9 Å². The summed E-state index contributed by atoms with van der Waals surface area (Å²) in [5.74, 6) is 0.851. The molecule has 1 saturated heterocycles. The molecule has 2 aromatic heterocycles. The summed E-state index contributed by atoms with van der Waals surface area (Å²) in [5.41, 5.74) is 1.37. The van der Waals surface area contributed by atoms with Crippen LogP contribution in [0.3, 0.4) is 0 Å². The smallest absolute Gasteiger partial charge is 0.263 e. The number of carbonyl (C=O) groups is 1. The fraction of sp³-hybridized carbons (Fsp3) is 0.550. The van der Waals surface area contributed by atoms with E-state index < -0.39 is 10.0 Å². The minimum atomic E-state index is -3.45. The van der Waals surface area contributed by atoms with E-state index >= 15 is 0 Å². The number of hydrogen-bond donors (Lipinski definition) is 1. The standard InChI is InChI=1S/C20H26N2O3S3/c1-2-14-5-6-17-15(12-14)13-18(27-17)20(23)22-9-7-16(8-10-22)21-28(24,25)19-4-3-11-26-19/h3-4,11,13-14,16,21H,2,5-10,12H2,1H3/t14-/m1/s1. The summed E-state index contributed by atoms with van der Waals surface area (Å²) in [4.78, 5) is 17.1. The fourth-order valence-electron chi connectivity index (χ4n) is 4.10. The molecule has 1 fully saturated rings. The molecule has 2 aliphatic rings. The Morgan fingerprint density at radius 2 is 2.07 bits per heavy atom. The van der Waals surface area contributed by atoms with Crippen LogP contribution in [0.15, 0.2) is 27.8 Å². The summed E-state index contributed by atoms with van der Waals surface area (Å²) in [6.07, 6.45) is 5.93. The Bertz CT molecular complexity index is 926. The Morgan fingerprint density at radius 3 is 2.75 bits per heavy atom. The van der Waals surface area contributed by atoms with Crippen LogP contribution in [0.5, 0.6) is 0 Å². The Hall–Kier alpha value is -1.22. The van der Waals surface area contributed by atoms with Crippen LogP contribution < -0.4 is 4.72 Å². The lowest BCUT2D eigenvalue weighted by molar-refractivity contribution is 0.0716. The van der Waals surface area contributed by atoms with Crippen molar-refractivity contribution in [1.82, 2.24) is 9.62 Å². The monoisotopic (exact) mass is 438 g/mol. The average molecular weight is 439 g/mol. The van der Waals surface area contributed by atoms with Crippen molar-refractivity contribution in [2.45, 2.75) is 55.7 Å². The van der Waals surface area contributed by atoms with Gasteiger partial charge in [-0.15, -0.1) is 22.7 Å². The second-order valence-electron chi connectivity index (χ2n) is 7.70. The molecule has 0 radical (unpaired) electrons. The molecular weight excluding hydrogens is 412 g/mol. The maximum atomic E-state index is 12.9. The zero-order valence-corrected chi connectivity index (χ0v) is 18.5. The van der Waals surface area contributed by atoms with Gasteiger partial charge in [0.1, 0.15) is 4.21 Å². The predicted molar refractivity (Wildman–Crippen MR) is 114 cm³/mol. The number of carbonyl (C=O) groups excluding carboxylic acids is 1. The fourth-order valence-corrected chi connectivity index (χ4v) is 7.59. The number of piperidine rings is 1. The van der Waals surface area contributed by atoms with Gasteiger partial charge in [-0.25, -0.2) is 13.1 Å². The van der Waals surface area contributed by atoms with E-state index in [0.29, 0.717) is 30.1 Å². The number of thiophene rings is 2. The summed E-state index contributed by atoms with van der Waals surface area (Å²) in [5, 5.41) is 1.76. The highest BCUT2D eigenvalue weighted by Gasteiger charge is 2.29. The number of hydrogen-bond acceptors (Lipinski definition) is 5. The van der Waals surface area contributed by atoms with Gasteiger partial charge in [-0.05, 0) is 61.1 Å². The first kappa shape index (κ1) is 20.1. The molecule has 0 spiro atoms. The van der Waals surface area contributed by atoms with Gasteiger partial charge in [0.05, 0.1) is 4.88 Å². The third-order valence-electron chi connectivity index (χ3n) is 5.84. The number of fused-ring (bicyclic) bond motifs is 1. The van der Waals surface area contributed by atoms with Crippen molar-refractivity contribution >= 4 is 38.6 Å². The molecular formula is C20H26N2O3S3.